The topological polar surface area (TPSA) is 55.4 Å². The van der Waals surface area contributed by atoms with Crippen molar-refractivity contribution in [2.75, 3.05) is 50.9 Å². The molecule has 0 aliphatic rings. The van der Waals surface area contributed by atoms with E-state index < -0.39 is 0 Å². The maximum Gasteiger partial charge on any atom is 0.216 e. The predicted molar refractivity (Wildman–Crippen MR) is 116 cm³/mol. The SMILES string of the molecule is SCCNCCCCCOc1cccc(OCCCCCNCCS)n1. The molecule has 1 rings (SSSR count). The summed E-state index contributed by atoms with van der Waals surface area (Å²) >= 11 is 8.34. The summed E-state index contributed by atoms with van der Waals surface area (Å²) in [4.78, 5) is 4.40. The molecule has 0 spiro atoms. The van der Waals surface area contributed by atoms with Gasteiger partial charge in [-0.15, -0.1) is 0 Å². The van der Waals surface area contributed by atoms with Crippen molar-refractivity contribution >= 4 is 25.3 Å². The summed E-state index contributed by atoms with van der Waals surface area (Å²) in [7, 11) is 0. The van der Waals surface area contributed by atoms with Crippen LogP contribution in [0.1, 0.15) is 38.5 Å². The van der Waals surface area contributed by atoms with Crippen LogP contribution in [0.2, 0.25) is 0 Å². The lowest BCUT2D eigenvalue weighted by Crippen LogP contribution is -2.17. The molecule has 0 saturated carbocycles. The predicted octanol–water partition coefficient (Wildman–Crippen LogP) is 3.22. The van der Waals surface area contributed by atoms with Gasteiger partial charge in [-0.3, -0.25) is 0 Å². The number of ether oxygens (including phenoxy) is 2. The van der Waals surface area contributed by atoms with Crippen LogP contribution in [0.15, 0.2) is 18.2 Å². The molecule has 0 atom stereocenters. The minimum atomic E-state index is 0.645. The largest absolute Gasteiger partial charge is 0.478 e. The van der Waals surface area contributed by atoms with Crippen LogP contribution in [-0.2, 0) is 0 Å². The molecule has 7 heteroatoms. The number of thiol groups is 2. The molecule has 0 radical (unpaired) electrons. The number of rotatable bonds is 18. The van der Waals surface area contributed by atoms with Gasteiger partial charge in [-0.1, -0.05) is 6.07 Å². The number of unbranched alkanes of at least 4 members (excludes halogenated alkanes) is 4. The fourth-order valence-electron chi connectivity index (χ4n) is 2.38. The van der Waals surface area contributed by atoms with Crippen LogP contribution >= 0.6 is 25.3 Å². The van der Waals surface area contributed by atoms with Crippen molar-refractivity contribution in [3.8, 4) is 11.8 Å². The molecule has 1 aromatic rings. The van der Waals surface area contributed by atoms with Gasteiger partial charge in [-0.2, -0.15) is 30.2 Å². The Bertz CT molecular complexity index is 404. The van der Waals surface area contributed by atoms with E-state index in [1.54, 1.807) is 0 Å². The van der Waals surface area contributed by atoms with Crippen LogP contribution in [0.25, 0.3) is 0 Å². The van der Waals surface area contributed by atoms with Gasteiger partial charge in [0.2, 0.25) is 11.8 Å². The van der Waals surface area contributed by atoms with Crippen LogP contribution in [-0.4, -0.2) is 55.9 Å². The van der Waals surface area contributed by atoms with Crippen LogP contribution in [0.5, 0.6) is 11.8 Å². The van der Waals surface area contributed by atoms with E-state index in [0.29, 0.717) is 25.0 Å². The summed E-state index contributed by atoms with van der Waals surface area (Å²) in [6.07, 6.45) is 6.71. The second kappa shape index (κ2) is 17.8. The average Bonchev–Trinajstić information content (AvgIpc) is 2.66. The highest BCUT2D eigenvalue weighted by atomic mass is 32.1. The molecule has 26 heavy (non-hydrogen) atoms. The maximum atomic E-state index is 5.72. The number of hydrogen-bond donors (Lipinski definition) is 4. The Morgan fingerprint density at radius 3 is 1.65 bits per heavy atom. The van der Waals surface area contributed by atoms with Gasteiger partial charge >= 0.3 is 0 Å². The van der Waals surface area contributed by atoms with Crippen molar-refractivity contribution < 1.29 is 9.47 Å². The first-order chi connectivity index (χ1) is 12.9. The van der Waals surface area contributed by atoms with Crippen LogP contribution < -0.4 is 20.1 Å². The minimum Gasteiger partial charge on any atom is -0.478 e. The van der Waals surface area contributed by atoms with Crippen molar-refractivity contribution in [2.45, 2.75) is 38.5 Å². The lowest BCUT2D eigenvalue weighted by atomic mass is 10.2. The molecule has 0 unspecified atom stereocenters. The molecule has 0 fully saturated rings. The number of pyridine rings is 1. The van der Waals surface area contributed by atoms with Crippen molar-refractivity contribution in [1.29, 1.82) is 0 Å². The molecule has 2 N–H and O–H groups in total. The van der Waals surface area contributed by atoms with E-state index in [4.69, 9.17) is 9.47 Å². The van der Waals surface area contributed by atoms with Crippen molar-refractivity contribution in [2.24, 2.45) is 0 Å². The quantitative estimate of drug-likeness (QED) is 0.225. The highest BCUT2D eigenvalue weighted by molar-refractivity contribution is 7.80. The molecule has 0 saturated heterocycles. The molecule has 1 aromatic heterocycles. The van der Waals surface area contributed by atoms with Crippen molar-refractivity contribution in [3.05, 3.63) is 18.2 Å². The van der Waals surface area contributed by atoms with Gasteiger partial charge in [-0.05, 0) is 51.6 Å². The fourth-order valence-corrected chi connectivity index (χ4v) is 2.69. The van der Waals surface area contributed by atoms with Gasteiger partial charge in [0.15, 0.2) is 0 Å². The zero-order chi connectivity index (χ0) is 18.7. The standard InChI is InChI=1S/C19H35N3O2S2/c25-16-12-20-10-3-1-5-14-23-18-8-7-9-19(22-18)24-15-6-2-4-11-21-13-17-26/h7-9,20-21,25-26H,1-6,10-17H2. The van der Waals surface area contributed by atoms with Gasteiger partial charge in [0.25, 0.3) is 0 Å². The molecular weight excluding hydrogens is 366 g/mol. The van der Waals surface area contributed by atoms with E-state index in [1.807, 2.05) is 18.2 Å². The van der Waals surface area contributed by atoms with Gasteiger partial charge < -0.3 is 20.1 Å². The zero-order valence-electron chi connectivity index (χ0n) is 15.8. The van der Waals surface area contributed by atoms with Crippen LogP contribution in [0, 0.1) is 0 Å². The molecule has 1 heterocycles. The highest BCUT2D eigenvalue weighted by Gasteiger charge is 2.00. The van der Waals surface area contributed by atoms with E-state index in [1.165, 1.54) is 0 Å². The lowest BCUT2D eigenvalue weighted by Gasteiger charge is -2.09. The number of nitrogens with one attached hydrogen (secondary N) is 2. The van der Waals surface area contributed by atoms with E-state index in [9.17, 15) is 0 Å². The van der Waals surface area contributed by atoms with E-state index >= 15 is 0 Å². The van der Waals surface area contributed by atoms with Gasteiger partial charge in [-0.25, -0.2) is 0 Å². The molecule has 0 bridgehead atoms. The fraction of sp³-hybridized carbons (Fsp3) is 0.737. The monoisotopic (exact) mass is 401 g/mol. The number of hydrogen-bond acceptors (Lipinski definition) is 7. The van der Waals surface area contributed by atoms with Gasteiger partial charge in [0.1, 0.15) is 0 Å². The third-order valence-electron chi connectivity index (χ3n) is 3.77. The molecular formula is C19H35N3O2S2. The van der Waals surface area contributed by atoms with E-state index in [0.717, 1.165) is 76.2 Å². The molecule has 0 aliphatic carbocycles. The summed E-state index contributed by atoms with van der Waals surface area (Å²) in [5, 5.41) is 6.68. The first kappa shape index (κ1) is 23.4. The third-order valence-corrected chi connectivity index (χ3v) is 4.22. The summed E-state index contributed by atoms with van der Waals surface area (Å²) in [5.74, 6) is 3.07. The average molecular weight is 402 g/mol. The van der Waals surface area contributed by atoms with E-state index in [-0.39, 0.29) is 0 Å². The first-order valence-electron chi connectivity index (χ1n) is 9.72. The van der Waals surface area contributed by atoms with Crippen molar-refractivity contribution in [1.82, 2.24) is 15.6 Å². The maximum absolute atomic E-state index is 5.72. The minimum absolute atomic E-state index is 0.645. The Kier molecular flexibility index (Phi) is 16.0. The highest BCUT2D eigenvalue weighted by Crippen LogP contribution is 2.14. The molecule has 0 aliphatic heterocycles. The molecule has 150 valence electrons. The zero-order valence-corrected chi connectivity index (χ0v) is 17.6. The summed E-state index contributed by atoms with van der Waals surface area (Å²) < 4.78 is 11.4. The second-order valence-corrected chi connectivity index (χ2v) is 6.97. The van der Waals surface area contributed by atoms with Gasteiger partial charge in [0, 0.05) is 36.7 Å². The van der Waals surface area contributed by atoms with Gasteiger partial charge in [0.05, 0.1) is 13.2 Å². The molecule has 0 amide bonds. The Morgan fingerprint density at radius 2 is 1.19 bits per heavy atom. The Balaban J connectivity index is 2.03. The summed E-state index contributed by atoms with van der Waals surface area (Å²) in [5.41, 5.74) is 0. The summed E-state index contributed by atoms with van der Waals surface area (Å²) in [6, 6.07) is 5.70. The molecule has 0 aromatic carbocycles. The Morgan fingerprint density at radius 1 is 0.692 bits per heavy atom. The number of aromatic nitrogens is 1. The third kappa shape index (κ3) is 13.6. The van der Waals surface area contributed by atoms with Crippen molar-refractivity contribution in [3.63, 3.8) is 0 Å². The van der Waals surface area contributed by atoms with E-state index in [2.05, 4.69) is 40.9 Å². The normalized spacial score (nSPS) is 10.8. The Labute approximate surface area is 169 Å². The summed E-state index contributed by atoms with van der Waals surface area (Å²) in [6.45, 7) is 5.44. The Hall–Kier alpha value is -0.630. The molecule has 5 nitrogen and oxygen atoms in total. The smallest absolute Gasteiger partial charge is 0.216 e. The number of nitrogens with zero attached hydrogens (tertiary/aromatic N) is 1. The van der Waals surface area contributed by atoms with Crippen LogP contribution in [0.3, 0.4) is 0 Å². The first-order valence-corrected chi connectivity index (χ1v) is 11.0. The second-order valence-electron chi connectivity index (χ2n) is 6.08. The van der Waals surface area contributed by atoms with Crippen LogP contribution in [0.4, 0.5) is 0 Å². The lowest BCUT2D eigenvalue weighted by molar-refractivity contribution is 0.269.